The normalized spacial score (nSPS) is 10.4. The molecule has 2 aromatic rings. The smallest absolute Gasteiger partial charge is 0.212 e. The zero-order valence-electron chi connectivity index (χ0n) is 8.85. The molecule has 82 valence electrons. The van der Waals surface area contributed by atoms with Gasteiger partial charge in [0.15, 0.2) is 0 Å². The molecule has 3 nitrogen and oxygen atoms in total. The third kappa shape index (κ3) is 1.93. The molecule has 16 heavy (non-hydrogen) atoms. The molecule has 0 bridgehead atoms. The van der Waals surface area contributed by atoms with Crippen LogP contribution in [0.25, 0.3) is 0 Å². The Kier molecular flexibility index (Phi) is 3.19. The first-order chi connectivity index (χ1) is 7.74. The second kappa shape index (κ2) is 4.61. The summed E-state index contributed by atoms with van der Waals surface area (Å²) >= 11 is 3.38. The van der Waals surface area contributed by atoms with Crippen molar-refractivity contribution in [2.24, 2.45) is 0 Å². The molecule has 0 aliphatic carbocycles. The maximum Gasteiger partial charge on any atom is 0.212 e. The van der Waals surface area contributed by atoms with Crippen molar-refractivity contribution in [3.05, 3.63) is 52.3 Å². The van der Waals surface area contributed by atoms with Crippen molar-refractivity contribution in [3.63, 3.8) is 0 Å². The molecule has 0 unspecified atom stereocenters. The number of halogens is 1. The Balaban J connectivity index is 2.44. The number of rotatable bonds is 3. The first kappa shape index (κ1) is 11.1. The molecule has 2 rings (SSSR count). The first-order valence-corrected chi connectivity index (χ1v) is 5.84. The number of hydrogen-bond donors (Lipinski definition) is 0. The van der Waals surface area contributed by atoms with Crippen molar-refractivity contribution in [1.82, 2.24) is 9.78 Å². The summed E-state index contributed by atoms with van der Waals surface area (Å²) in [4.78, 5) is 12.2. The number of hydrogen-bond acceptors (Lipinski definition) is 2. The highest BCUT2D eigenvalue weighted by atomic mass is 79.9. The van der Waals surface area contributed by atoms with Crippen LogP contribution in [0.15, 0.2) is 41.0 Å². The van der Waals surface area contributed by atoms with Gasteiger partial charge in [0.2, 0.25) is 5.78 Å². The van der Waals surface area contributed by atoms with E-state index in [0.29, 0.717) is 17.8 Å². The predicted molar refractivity (Wildman–Crippen MR) is 65.5 cm³/mol. The minimum absolute atomic E-state index is 0.00757. The summed E-state index contributed by atoms with van der Waals surface area (Å²) in [6.07, 6.45) is 1.65. The summed E-state index contributed by atoms with van der Waals surface area (Å²) in [6, 6.07) is 9.15. The molecule has 0 aliphatic heterocycles. The molecule has 0 atom stereocenters. The first-order valence-electron chi connectivity index (χ1n) is 5.05. The summed E-state index contributed by atoms with van der Waals surface area (Å²) in [5, 5.41) is 4.09. The van der Waals surface area contributed by atoms with Crippen LogP contribution in [-0.2, 0) is 6.54 Å². The van der Waals surface area contributed by atoms with E-state index < -0.39 is 0 Å². The topological polar surface area (TPSA) is 34.9 Å². The summed E-state index contributed by atoms with van der Waals surface area (Å²) < 4.78 is 2.51. The average molecular weight is 279 g/mol. The molecule has 4 heteroatoms. The molecule has 0 saturated heterocycles. The number of carbonyl (C=O) groups excluding carboxylic acids is 1. The van der Waals surface area contributed by atoms with E-state index in [1.807, 2.05) is 25.1 Å². The van der Waals surface area contributed by atoms with Gasteiger partial charge in [-0.05, 0) is 25.1 Å². The number of aromatic nitrogens is 2. The molecule has 1 aromatic heterocycles. The highest BCUT2D eigenvalue weighted by molar-refractivity contribution is 9.10. The second-order valence-electron chi connectivity index (χ2n) is 3.34. The quantitative estimate of drug-likeness (QED) is 0.810. The molecule has 0 aliphatic rings. The van der Waals surface area contributed by atoms with Crippen LogP contribution in [0.5, 0.6) is 0 Å². The van der Waals surface area contributed by atoms with Gasteiger partial charge in [-0.2, -0.15) is 5.10 Å². The highest BCUT2D eigenvalue weighted by Crippen LogP contribution is 2.19. The molecule has 0 radical (unpaired) electrons. The summed E-state index contributed by atoms with van der Waals surface area (Å²) in [6.45, 7) is 2.66. The number of aryl methyl sites for hydroxylation is 1. The molecule has 0 fully saturated rings. The maximum atomic E-state index is 12.2. The van der Waals surface area contributed by atoms with Crippen LogP contribution in [0.1, 0.15) is 23.0 Å². The van der Waals surface area contributed by atoms with Crippen LogP contribution >= 0.6 is 15.9 Å². The lowest BCUT2D eigenvalue weighted by molar-refractivity contribution is 0.102. The van der Waals surface area contributed by atoms with Crippen LogP contribution < -0.4 is 0 Å². The van der Waals surface area contributed by atoms with Gasteiger partial charge in [-0.25, -0.2) is 0 Å². The third-order valence-electron chi connectivity index (χ3n) is 2.37. The van der Waals surface area contributed by atoms with E-state index in [1.165, 1.54) is 0 Å². The largest absolute Gasteiger partial charge is 0.287 e. The molecule has 1 heterocycles. The Morgan fingerprint density at radius 1 is 1.38 bits per heavy atom. The fourth-order valence-electron chi connectivity index (χ4n) is 1.56. The number of ketones is 1. The fourth-order valence-corrected chi connectivity index (χ4v) is 2.03. The van der Waals surface area contributed by atoms with Crippen molar-refractivity contribution in [2.45, 2.75) is 13.5 Å². The molecule has 0 N–H and O–H groups in total. The Bertz CT molecular complexity index is 519. The van der Waals surface area contributed by atoms with E-state index in [-0.39, 0.29) is 5.78 Å². The van der Waals surface area contributed by atoms with E-state index in [0.717, 1.165) is 4.47 Å². The molecule has 1 aromatic carbocycles. The van der Waals surface area contributed by atoms with Crippen molar-refractivity contribution in [3.8, 4) is 0 Å². The van der Waals surface area contributed by atoms with E-state index >= 15 is 0 Å². The molecular weight excluding hydrogens is 268 g/mol. The molecule has 0 amide bonds. The van der Waals surface area contributed by atoms with Crippen LogP contribution in [0.2, 0.25) is 0 Å². The van der Waals surface area contributed by atoms with E-state index in [2.05, 4.69) is 21.0 Å². The molecular formula is C12H11BrN2O. The number of nitrogens with zero attached hydrogens (tertiary/aromatic N) is 2. The monoisotopic (exact) mass is 278 g/mol. The summed E-state index contributed by atoms with van der Waals surface area (Å²) in [5.41, 5.74) is 1.28. The van der Waals surface area contributed by atoms with Gasteiger partial charge >= 0.3 is 0 Å². The van der Waals surface area contributed by atoms with Gasteiger partial charge < -0.3 is 0 Å². The zero-order chi connectivity index (χ0) is 11.5. The average Bonchev–Trinajstić information content (AvgIpc) is 2.77. The number of benzene rings is 1. The van der Waals surface area contributed by atoms with E-state index in [9.17, 15) is 4.79 Å². The summed E-state index contributed by atoms with van der Waals surface area (Å²) in [5.74, 6) is -0.00757. The van der Waals surface area contributed by atoms with Crippen molar-refractivity contribution >= 4 is 21.7 Å². The Morgan fingerprint density at radius 2 is 2.12 bits per heavy atom. The number of carbonyl (C=O) groups is 1. The van der Waals surface area contributed by atoms with E-state index in [1.54, 1.807) is 23.0 Å². The maximum absolute atomic E-state index is 12.2. The standard InChI is InChI=1S/C12H11BrN2O/c1-2-15-11(7-8-14-15)12(16)9-5-3-4-6-10(9)13/h3-8H,2H2,1H3. The van der Waals surface area contributed by atoms with Gasteiger partial charge in [0, 0.05) is 22.8 Å². The Hall–Kier alpha value is -1.42. The lowest BCUT2D eigenvalue weighted by Gasteiger charge is -2.05. The van der Waals surface area contributed by atoms with Gasteiger partial charge in [-0.3, -0.25) is 9.48 Å². The zero-order valence-corrected chi connectivity index (χ0v) is 10.4. The molecule has 0 saturated carbocycles. The van der Waals surface area contributed by atoms with E-state index in [4.69, 9.17) is 0 Å². The lowest BCUT2D eigenvalue weighted by atomic mass is 10.1. The van der Waals surface area contributed by atoms with Crippen molar-refractivity contribution in [1.29, 1.82) is 0 Å². The minimum Gasteiger partial charge on any atom is -0.287 e. The molecule has 0 spiro atoms. The van der Waals surface area contributed by atoms with Gasteiger partial charge in [0.05, 0.1) is 0 Å². The van der Waals surface area contributed by atoms with Crippen LogP contribution in [-0.4, -0.2) is 15.6 Å². The van der Waals surface area contributed by atoms with Crippen molar-refractivity contribution in [2.75, 3.05) is 0 Å². The van der Waals surface area contributed by atoms with Crippen LogP contribution in [0.4, 0.5) is 0 Å². The van der Waals surface area contributed by atoms with Crippen LogP contribution in [0, 0.1) is 0 Å². The summed E-state index contributed by atoms with van der Waals surface area (Å²) in [7, 11) is 0. The lowest BCUT2D eigenvalue weighted by Crippen LogP contribution is -2.10. The predicted octanol–water partition coefficient (Wildman–Crippen LogP) is 2.90. The van der Waals surface area contributed by atoms with Gasteiger partial charge in [0.25, 0.3) is 0 Å². The van der Waals surface area contributed by atoms with Gasteiger partial charge in [-0.1, -0.05) is 28.1 Å². The fraction of sp³-hybridized carbons (Fsp3) is 0.167. The van der Waals surface area contributed by atoms with Crippen LogP contribution in [0.3, 0.4) is 0 Å². The SMILES string of the molecule is CCn1nccc1C(=O)c1ccccc1Br. The Morgan fingerprint density at radius 3 is 2.81 bits per heavy atom. The minimum atomic E-state index is -0.00757. The van der Waals surface area contributed by atoms with Gasteiger partial charge in [0.1, 0.15) is 5.69 Å². The van der Waals surface area contributed by atoms with Crippen molar-refractivity contribution < 1.29 is 4.79 Å². The highest BCUT2D eigenvalue weighted by Gasteiger charge is 2.15. The Labute approximate surface area is 102 Å². The van der Waals surface area contributed by atoms with Gasteiger partial charge in [-0.15, -0.1) is 0 Å². The third-order valence-corrected chi connectivity index (χ3v) is 3.06. The second-order valence-corrected chi connectivity index (χ2v) is 4.20.